The van der Waals surface area contributed by atoms with Gasteiger partial charge in [-0.3, -0.25) is 10.1 Å². The Morgan fingerprint density at radius 3 is 2.62 bits per heavy atom. The molecule has 0 saturated carbocycles. The van der Waals surface area contributed by atoms with Crippen molar-refractivity contribution in [1.29, 1.82) is 0 Å². The molecule has 0 spiro atoms. The maximum atomic E-state index is 12.8. The highest BCUT2D eigenvalue weighted by molar-refractivity contribution is 5.85. The van der Waals surface area contributed by atoms with Gasteiger partial charge in [0.05, 0.1) is 6.04 Å². The number of nitrogens with one attached hydrogen (secondary N) is 1. The summed E-state index contributed by atoms with van der Waals surface area (Å²) in [7, 11) is 0. The van der Waals surface area contributed by atoms with Gasteiger partial charge in [0.1, 0.15) is 6.17 Å². The van der Waals surface area contributed by atoms with Gasteiger partial charge >= 0.3 is 0 Å². The SMILES string of the molecule is CCCC1NC(c2ccccc2)N(C2CCOCC2)C1=O. The minimum absolute atomic E-state index is 0.0124. The standard InChI is InChI=1S/C17H24N2O2/c1-2-6-15-17(20)19(14-9-11-21-12-10-14)16(18-15)13-7-4-3-5-8-13/h3-5,7-8,14-16,18H,2,6,9-12H2,1H3. The van der Waals surface area contributed by atoms with E-state index in [0.29, 0.717) is 6.04 Å². The van der Waals surface area contributed by atoms with Crippen LogP contribution in [0.15, 0.2) is 30.3 Å². The monoisotopic (exact) mass is 288 g/mol. The van der Waals surface area contributed by atoms with Gasteiger partial charge in [0, 0.05) is 19.3 Å². The molecule has 2 fully saturated rings. The van der Waals surface area contributed by atoms with Crippen molar-refractivity contribution in [3.8, 4) is 0 Å². The van der Waals surface area contributed by atoms with Crippen LogP contribution in [0.5, 0.6) is 0 Å². The number of amides is 1. The molecule has 1 amide bonds. The molecule has 0 aromatic heterocycles. The summed E-state index contributed by atoms with van der Waals surface area (Å²) < 4.78 is 5.45. The van der Waals surface area contributed by atoms with Crippen LogP contribution in [-0.2, 0) is 9.53 Å². The molecule has 2 atom stereocenters. The number of carbonyl (C=O) groups is 1. The van der Waals surface area contributed by atoms with Crippen LogP contribution in [0.1, 0.15) is 44.3 Å². The lowest BCUT2D eigenvalue weighted by molar-refractivity contribution is -0.134. The molecule has 2 saturated heterocycles. The number of hydrogen-bond acceptors (Lipinski definition) is 3. The molecule has 1 N–H and O–H groups in total. The molecule has 4 nitrogen and oxygen atoms in total. The van der Waals surface area contributed by atoms with Crippen molar-refractivity contribution in [3.63, 3.8) is 0 Å². The van der Waals surface area contributed by atoms with Crippen molar-refractivity contribution in [2.24, 2.45) is 0 Å². The average Bonchev–Trinajstić information content (AvgIpc) is 2.86. The second kappa shape index (κ2) is 6.58. The molecule has 114 valence electrons. The smallest absolute Gasteiger partial charge is 0.241 e. The lowest BCUT2D eigenvalue weighted by Gasteiger charge is -2.35. The quantitative estimate of drug-likeness (QED) is 0.925. The van der Waals surface area contributed by atoms with Gasteiger partial charge in [0.2, 0.25) is 5.91 Å². The van der Waals surface area contributed by atoms with E-state index >= 15 is 0 Å². The van der Waals surface area contributed by atoms with Crippen molar-refractivity contribution in [1.82, 2.24) is 10.2 Å². The Labute approximate surface area is 126 Å². The van der Waals surface area contributed by atoms with Gasteiger partial charge in [-0.15, -0.1) is 0 Å². The zero-order valence-electron chi connectivity index (χ0n) is 12.6. The highest BCUT2D eigenvalue weighted by Crippen LogP contribution is 2.32. The lowest BCUT2D eigenvalue weighted by atomic mass is 10.0. The first kappa shape index (κ1) is 14.5. The molecule has 2 aliphatic rings. The molecular weight excluding hydrogens is 264 g/mol. The zero-order valence-corrected chi connectivity index (χ0v) is 12.6. The minimum Gasteiger partial charge on any atom is -0.381 e. The van der Waals surface area contributed by atoms with Crippen LogP contribution in [0, 0.1) is 0 Å². The predicted molar refractivity (Wildman–Crippen MR) is 81.7 cm³/mol. The van der Waals surface area contributed by atoms with Crippen molar-refractivity contribution < 1.29 is 9.53 Å². The Hall–Kier alpha value is -1.39. The van der Waals surface area contributed by atoms with Crippen molar-refractivity contribution in [3.05, 3.63) is 35.9 Å². The van der Waals surface area contributed by atoms with Crippen molar-refractivity contribution in [2.45, 2.75) is 50.9 Å². The van der Waals surface area contributed by atoms with E-state index in [-0.39, 0.29) is 18.1 Å². The van der Waals surface area contributed by atoms with Crippen LogP contribution < -0.4 is 5.32 Å². The molecule has 1 aromatic carbocycles. The second-order valence-corrected chi connectivity index (χ2v) is 5.91. The third-order valence-corrected chi connectivity index (χ3v) is 4.47. The Balaban J connectivity index is 1.85. The molecule has 0 aliphatic carbocycles. The average molecular weight is 288 g/mol. The summed E-state index contributed by atoms with van der Waals surface area (Å²) in [5.41, 5.74) is 1.18. The van der Waals surface area contributed by atoms with Crippen LogP contribution >= 0.6 is 0 Å². The molecular formula is C17H24N2O2. The van der Waals surface area contributed by atoms with Crippen LogP contribution in [-0.4, -0.2) is 36.1 Å². The molecule has 21 heavy (non-hydrogen) atoms. The fourth-order valence-electron chi connectivity index (χ4n) is 3.39. The first-order chi connectivity index (χ1) is 10.3. The Bertz CT molecular complexity index is 471. The molecule has 3 rings (SSSR count). The van der Waals surface area contributed by atoms with E-state index in [9.17, 15) is 4.79 Å². The van der Waals surface area contributed by atoms with Gasteiger partial charge in [-0.25, -0.2) is 0 Å². The molecule has 2 aliphatic heterocycles. The summed E-state index contributed by atoms with van der Waals surface area (Å²) in [6, 6.07) is 10.6. The number of benzene rings is 1. The Morgan fingerprint density at radius 2 is 1.95 bits per heavy atom. The normalized spacial score (nSPS) is 27.3. The fraction of sp³-hybridized carbons (Fsp3) is 0.588. The summed E-state index contributed by atoms with van der Waals surface area (Å²) >= 11 is 0. The second-order valence-electron chi connectivity index (χ2n) is 5.91. The maximum Gasteiger partial charge on any atom is 0.241 e. The highest BCUT2D eigenvalue weighted by atomic mass is 16.5. The third-order valence-electron chi connectivity index (χ3n) is 4.47. The fourth-order valence-corrected chi connectivity index (χ4v) is 3.39. The van der Waals surface area contributed by atoms with Gasteiger partial charge in [-0.1, -0.05) is 43.7 Å². The number of rotatable bonds is 4. The van der Waals surface area contributed by atoms with Gasteiger partial charge in [0.15, 0.2) is 0 Å². The Kier molecular flexibility index (Phi) is 4.56. The largest absolute Gasteiger partial charge is 0.381 e. The zero-order chi connectivity index (χ0) is 14.7. The number of hydrogen-bond donors (Lipinski definition) is 1. The molecule has 2 heterocycles. The number of nitrogens with zero attached hydrogens (tertiary/aromatic N) is 1. The summed E-state index contributed by atoms with van der Waals surface area (Å²) in [5.74, 6) is 0.262. The summed E-state index contributed by atoms with van der Waals surface area (Å²) in [5, 5.41) is 3.54. The molecule has 0 radical (unpaired) electrons. The van der Waals surface area contributed by atoms with Crippen LogP contribution in [0.4, 0.5) is 0 Å². The number of carbonyl (C=O) groups excluding carboxylic acids is 1. The van der Waals surface area contributed by atoms with Crippen LogP contribution in [0.25, 0.3) is 0 Å². The highest BCUT2D eigenvalue weighted by Gasteiger charge is 2.42. The van der Waals surface area contributed by atoms with Gasteiger partial charge < -0.3 is 9.64 Å². The number of ether oxygens (including phenoxy) is 1. The van der Waals surface area contributed by atoms with Gasteiger partial charge in [0.25, 0.3) is 0 Å². The Morgan fingerprint density at radius 1 is 1.24 bits per heavy atom. The summed E-state index contributed by atoms with van der Waals surface area (Å²) in [6.45, 7) is 3.65. The van der Waals surface area contributed by atoms with E-state index in [1.165, 1.54) is 5.56 Å². The predicted octanol–water partition coefficient (Wildman–Crippen LogP) is 2.46. The van der Waals surface area contributed by atoms with E-state index < -0.39 is 0 Å². The minimum atomic E-state index is -0.0388. The maximum absolute atomic E-state index is 12.8. The molecule has 0 bridgehead atoms. The first-order valence-corrected chi connectivity index (χ1v) is 8.02. The van der Waals surface area contributed by atoms with E-state index in [2.05, 4.69) is 29.3 Å². The topological polar surface area (TPSA) is 41.6 Å². The van der Waals surface area contributed by atoms with Gasteiger partial charge in [-0.05, 0) is 24.8 Å². The molecule has 4 heteroatoms. The summed E-state index contributed by atoms with van der Waals surface area (Å²) in [6.07, 6.45) is 3.82. The molecule has 2 unspecified atom stereocenters. The van der Waals surface area contributed by atoms with E-state index in [0.717, 1.165) is 38.9 Å². The molecule has 1 aromatic rings. The summed E-state index contributed by atoms with van der Waals surface area (Å²) in [4.78, 5) is 14.9. The van der Waals surface area contributed by atoms with Crippen LogP contribution in [0.2, 0.25) is 0 Å². The van der Waals surface area contributed by atoms with Crippen molar-refractivity contribution >= 4 is 5.91 Å². The third kappa shape index (κ3) is 2.97. The van der Waals surface area contributed by atoms with E-state index in [1.54, 1.807) is 0 Å². The first-order valence-electron chi connectivity index (χ1n) is 8.02. The van der Waals surface area contributed by atoms with E-state index in [4.69, 9.17) is 4.74 Å². The van der Waals surface area contributed by atoms with E-state index in [1.807, 2.05) is 18.2 Å². The van der Waals surface area contributed by atoms with Gasteiger partial charge in [-0.2, -0.15) is 0 Å². The lowest BCUT2D eigenvalue weighted by Crippen LogP contribution is -2.43. The van der Waals surface area contributed by atoms with Crippen LogP contribution in [0.3, 0.4) is 0 Å². The van der Waals surface area contributed by atoms with Crippen molar-refractivity contribution in [2.75, 3.05) is 13.2 Å².